The monoisotopic (exact) mass is 313 g/mol. The Labute approximate surface area is 130 Å². The molecule has 0 aliphatic heterocycles. The van der Waals surface area contributed by atoms with Crippen LogP contribution >= 0.6 is 11.3 Å². The summed E-state index contributed by atoms with van der Waals surface area (Å²) in [5.41, 5.74) is 8.24. The lowest BCUT2D eigenvalue weighted by atomic mass is 10.1. The normalized spacial score (nSPS) is 10.4. The Kier molecular flexibility index (Phi) is 3.84. The first-order valence-electron chi connectivity index (χ1n) is 6.50. The topological polar surface area (TPSA) is 68.0 Å². The molecule has 3 rings (SSSR count). The number of hydrogen-bond donors (Lipinski definition) is 2. The first-order valence-corrected chi connectivity index (χ1v) is 7.38. The molecule has 0 fully saturated rings. The van der Waals surface area contributed by atoms with Crippen LogP contribution in [0.4, 0.5) is 15.2 Å². The van der Waals surface area contributed by atoms with Crippen molar-refractivity contribution in [2.24, 2.45) is 0 Å². The number of halogens is 1. The summed E-state index contributed by atoms with van der Waals surface area (Å²) in [5, 5.41) is 4.96. The van der Waals surface area contributed by atoms with E-state index >= 15 is 0 Å². The first kappa shape index (κ1) is 14.2. The van der Waals surface area contributed by atoms with Crippen molar-refractivity contribution >= 4 is 28.1 Å². The van der Waals surface area contributed by atoms with Crippen molar-refractivity contribution < 1.29 is 9.18 Å². The Hall–Kier alpha value is -2.73. The summed E-state index contributed by atoms with van der Waals surface area (Å²) in [6.07, 6.45) is 0. The summed E-state index contributed by atoms with van der Waals surface area (Å²) in [6, 6.07) is 12.8. The maximum absolute atomic E-state index is 13.1. The van der Waals surface area contributed by atoms with Crippen molar-refractivity contribution in [3.05, 3.63) is 65.3 Å². The molecule has 0 bridgehead atoms. The van der Waals surface area contributed by atoms with Crippen LogP contribution in [0.2, 0.25) is 0 Å². The molecule has 0 saturated heterocycles. The van der Waals surface area contributed by atoms with Crippen molar-refractivity contribution in [3.63, 3.8) is 0 Å². The molecule has 0 saturated carbocycles. The van der Waals surface area contributed by atoms with Gasteiger partial charge in [0.2, 0.25) is 0 Å². The maximum atomic E-state index is 13.1. The predicted octanol–water partition coefficient (Wildman–Crippen LogP) is 3.78. The first-order chi connectivity index (χ1) is 10.6. The number of carbonyl (C=O) groups is 1. The number of thiazole rings is 1. The van der Waals surface area contributed by atoms with E-state index in [-0.39, 0.29) is 5.56 Å². The second-order valence-electron chi connectivity index (χ2n) is 4.62. The Morgan fingerprint density at radius 2 is 1.95 bits per heavy atom. The molecule has 0 aliphatic rings. The van der Waals surface area contributed by atoms with Crippen LogP contribution in [0, 0.1) is 5.82 Å². The predicted molar refractivity (Wildman–Crippen MR) is 86.3 cm³/mol. The van der Waals surface area contributed by atoms with Gasteiger partial charge in [0.25, 0.3) is 5.91 Å². The number of benzene rings is 2. The molecule has 1 amide bonds. The van der Waals surface area contributed by atoms with E-state index in [0.717, 1.165) is 11.3 Å². The third-order valence-corrected chi connectivity index (χ3v) is 3.78. The largest absolute Gasteiger partial charge is 0.399 e. The molecule has 6 heteroatoms. The van der Waals surface area contributed by atoms with Gasteiger partial charge in [0.05, 0.1) is 5.69 Å². The summed E-state index contributed by atoms with van der Waals surface area (Å²) >= 11 is 1.31. The molecule has 1 aromatic heterocycles. The lowest BCUT2D eigenvalue weighted by molar-refractivity contribution is 0.102. The van der Waals surface area contributed by atoms with Gasteiger partial charge in [-0.15, -0.1) is 11.3 Å². The highest BCUT2D eigenvalue weighted by Gasteiger charge is 2.10. The number of hydrogen-bond acceptors (Lipinski definition) is 4. The molecule has 0 spiro atoms. The van der Waals surface area contributed by atoms with Gasteiger partial charge in [0.1, 0.15) is 5.82 Å². The van der Waals surface area contributed by atoms with Crippen molar-refractivity contribution in [3.8, 4) is 11.3 Å². The summed E-state index contributed by atoms with van der Waals surface area (Å²) in [5.74, 6) is -0.841. The molecule has 110 valence electrons. The van der Waals surface area contributed by atoms with Gasteiger partial charge in [0, 0.05) is 22.2 Å². The van der Waals surface area contributed by atoms with Crippen LogP contribution in [0.5, 0.6) is 0 Å². The quantitative estimate of drug-likeness (QED) is 0.723. The average molecular weight is 313 g/mol. The highest BCUT2D eigenvalue weighted by atomic mass is 32.1. The molecule has 3 aromatic rings. The van der Waals surface area contributed by atoms with Gasteiger partial charge >= 0.3 is 0 Å². The molecule has 0 aliphatic carbocycles. The van der Waals surface area contributed by atoms with Crippen LogP contribution in [0.3, 0.4) is 0 Å². The summed E-state index contributed by atoms with van der Waals surface area (Å²) in [4.78, 5) is 16.4. The Balaban J connectivity index is 1.77. The van der Waals surface area contributed by atoms with Gasteiger partial charge in [-0.2, -0.15) is 0 Å². The minimum absolute atomic E-state index is 0.254. The third-order valence-electron chi connectivity index (χ3n) is 3.02. The molecule has 0 unspecified atom stereocenters. The number of anilines is 2. The van der Waals surface area contributed by atoms with Gasteiger partial charge < -0.3 is 5.73 Å². The van der Waals surface area contributed by atoms with Crippen LogP contribution in [0.1, 0.15) is 10.4 Å². The van der Waals surface area contributed by atoms with Gasteiger partial charge in [-0.1, -0.05) is 18.2 Å². The van der Waals surface area contributed by atoms with Crippen LogP contribution < -0.4 is 11.1 Å². The standard InChI is InChI=1S/C16H12FN3OS/c17-12-3-1-2-11(8-12)15(21)20-16-19-14(9-22-16)10-4-6-13(18)7-5-10/h1-9H,18H2,(H,19,20,21). The Morgan fingerprint density at radius 3 is 2.68 bits per heavy atom. The molecular formula is C16H12FN3OS. The lowest BCUT2D eigenvalue weighted by Crippen LogP contribution is -2.11. The van der Waals surface area contributed by atoms with Crippen LogP contribution in [0.25, 0.3) is 11.3 Å². The van der Waals surface area contributed by atoms with E-state index in [1.807, 2.05) is 17.5 Å². The van der Waals surface area contributed by atoms with Gasteiger partial charge in [0.15, 0.2) is 5.13 Å². The highest BCUT2D eigenvalue weighted by molar-refractivity contribution is 7.14. The van der Waals surface area contributed by atoms with E-state index in [9.17, 15) is 9.18 Å². The van der Waals surface area contributed by atoms with E-state index in [1.54, 1.807) is 18.2 Å². The Morgan fingerprint density at radius 1 is 1.18 bits per heavy atom. The highest BCUT2D eigenvalue weighted by Crippen LogP contribution is 2.25. The lowest BCUT2D eigenvalue weighted by Gasteiger charge is -2.01. The summed E-state index contributed by atoms with van der Waals surface area (Å²) in [7, 11) is 0. The number of carbonyl (C=O) groups excluding carboxylic acids is 1. The van der Waals surface area contributed by atoms with Crippen LogP contribution in [-0.4, -0.2) is 10.9 Å². The van der Waals surface area contributed by atoms with Crippen LogP contribution in [-0.2, 0) is 0 Å². The molecule has 0 atom stereocenters. The SMILES string of the molecule is Nc1ccc(-c2csc(NC(=O)c3cccc(F)c3)n2)cc1. The van der Waals surface area contributed by atoms with Gasteiger partial charge in [-0.05, 0) is 30.3 Å². The van der Waals surface area contributed by atoms with Crippen molar-refractivity contribution in [1.82, 2.24) is 4.98 Å². The molecule has 4 nitrogen and oxygen atoms in total. The summed E-state index contributed by atoms with van der Waals surface area (Å²) < 4.78 is 13.1. The van der Waals surface area contributed by atoms with E-state index in [2.05, 4.69) is 10.3 Å². The van der Waals surface area contributed by atoms with E-state index < -0.39 is 11.7 Å². The molecule has 0 radical (unpaired) electrons. The number of nitrogens with one attached hydrogen (secondary N) is 1. The number of nitrogen functional groups attached to an aromatic ring is 1. The van der Waals surface area contributed by atoms with Crippen LogP contribution in [0.15, 0.2) is 53.9 Å². The summed E-state index contributed by atoms with van der Waals surface area (Å²) in [6.45, 7) is 0. The smallest absolute Gasteiger partial charge is 0.257 e. The van der Waals surface area contributed by atoms with E-state index in [1.165, 1.54) is 29.5 Å². The Bertz CT molecular complexity index is 814. The average Bonchev–Trinajstić information content (AvgIpc) is 2.96. The minimum atomic E-state index is -0.450. The van der Waals surface area contributed by atoms with E-state index in [0.29, 0.717) is 10.8 Å². The fourth-order valence-corrected chi connectivity index (χ4v) is 2.63. The number of rotatable bonds is 3. The van der Waals surface area contributed by atoms with E-state index in [4.69, 9.17) is 5.73 Å². The third kappa shape index (κ3) is 3.12. The zero-order valence-corrected chi connectivity index (χ0v) is 12.2. The van der Waals surface area contributed by atoms with Gasteiger partial charge in [-0.3, -0.25) is 10.1 Å². The van der Waals surface area contributed by atoms with Crippen molar-refractivity contribution in [2.75, 3.05) is 11.1 Å². The second kappa shape index (κ2) is 5.95. The van der Waals surface area contributed by atoms with Crippen molar-refractivity contribution in [2.45, 2.75) is 0 Å². The molecule has 3 N–H and O–H groups in total. The number of amides is 1. The number of nitrogens with zero attached hydrogens (tertiary/aromatic N) is 1. The minimum Gasteiger partial charge on any atom is -0.399 e. The molecule has 2 aromatic carbocycles. The second-order valence-corrected chi connectivity index (χ2v) is 5.48. The van der Waals surface area contributed by atoms with Gasteiger partial charge in [-0.25, -0.2) is 9.37 Å². The fraction of sp³-hybridized carbons (Fsp3) is 0. The molecular weight excluding hydrogens is 301 g/mol. The maximum Gasteiger partial charge on any atom is 0.257 e. The zero-order valence-electron chi connectivity index (χ0n) is 11.4. The number of nitrogens with two attached hydrogens (primary N) is 1. The molecule has 1 heterocycles. The fourth-order valence-electron chi connectivity index (χ4n) is 1.92. The molecule has 22 heavy (non-hydrogen) atoms. The number of aromatic nitrogens is 1. The van der Waals surface area contributed by atoms with Crippen molar-refractivity contribution in [1.29, 1.82) is 0 Å². The zero-order chi connectivity index (χ0) is 15.5.